The highest BCUT2D eigenvalue weighted by molar-refractivity contribution is 5.86. The van der Waals surface area contributed by atoms with E-state index in [4.69, 9.17) is 0 Å². The number of phenols is 1. The van der Waals surface area contributed by atoms with E-state index < -0.39 is 0 Å². The molecule has 0 atom stereocenters. The van der Waals surface area contributed by atoms with Crippen molar-refractivity contribution in [2.45, 2.75) is 0 Å². The van der Waals surface area contributed by atoms with Crippen LogP contribution < -0.4 is 5.32 Å². The summed E-state index contributed by atoms with van der Waals surface area (Å²) in [5.74, 6) is 0.990. The Morgan fingerprint density at radius 3 is 2.59 bits per heavy atom. The predicted molar refractivity (Wildman–Crippen MR) is 87.1 cm³/mol. The number of hydrogen-bond acceptors (Lipinski definition) is 4. The van der Waals surface area contributed by atoms with E-state index in [2.05, 4.69) is 19.7 Å². The molecule has 0 saturated heterocycles. The molecule has 0 bridgehead atoms. The second-order valence-corrected chi connectivity index (χ2v) is 5.05. The van der Waals surface area contributed by atoms with Crippen molar-refractivity contribution < 1.29 is 5.11 Å². The predicted octanol–water partition coefficient (Wildman–Crippen LogP) is 3.30. The average molecular weight is 290 g/mol. The van der Waals surface area contributed by atoms with Crippen molar-refractivity contribution in [3.63, 3.8) is 0 Å². The molecule has 4 rings (SSSR count). The largest absolute Gasteiger partial charge is 0.508 e. The van der Waals surface area contributed by atoms with E-state index >= 15 is 0 Å². The van der Waals surface area contributed by atoms with Gasteiger partial charge in [-0.25, -0.2) is 9.97 Å². The summed E-state index contributed by atoms with van der Waals surface area (Å²) < 4.78 is 2.08. The maximum atomic E-state index is 9.48. The summed E-state index contributed by atoms with van der Waals surface area (Å²) >= 11 is 0. The van der Waals surface area contributed by atoms with Crippen molar-refractivity contribution in [1.29, 1.82) is 0 Å². The van der Waals surface area contributed by atoms with Gasteiger partial charge in [0.05, 0.1) is 22.9 Å². The van der Waals surface area contributed by atoms with E-state index in [1.54, 1.807) is 12.1 Å². The minimum Gasteiger partial charge on any atom is -0.508 e. The number of anilines is 1. The molecule has 0 aliphatic heterocycles. The van der Waals surface area contributed by atoms with E-state index in [9.17, 15) is 5.11 Å². The zero-order valence-corrected chi connectivity index (χ0v) is 12.0. The average Bonchev–Trinajstić information content (AvgIpc) is 3.00. The van der Waals surface area contributed by atoms with E-state index in [1.807, 2.05) is 49.6 Å². The summed E-state index contributed by atoms with van der Waals surface area (Å²) in [6.07, 6.45) is 1.83. The zero-order valence-electron chi connectivity index (χ0n) is 12.0. The van der Waals surface area contributed by atoms with Crippen LogP contribution in [0.15, 0.2) is 54.7 Å². The smallest absolute Gasteiger partial charge is 0.181 e. The van der Waals surface area contributed by atoms with Crippen LogP contribution >= 0.6 is 0 Å². The Morgan fingerprint density at radius 1 is 1.05 bits per heavy atom. The van der Waals surface area contributed by atoms with Crippen molar-refractivity contribution in [1.82, 2.24) is 14.4 Å². The number of nitrogens with zero attached hydrogens (tertiary/aromatic N) is 3. The lowest BCUT2D eigenvalue weighted by atomic mass is 10.1. The van der Waals surface area contributed by atoms with Gasteiger partial charge in [-0.05, 0) is 36.4 Å². The maximum absolute atomic E-state index is 9.48. The fourth-order valence-electron chi connectivity index (χ4n) is 2.68. The number of phenolic OH excluding ortho intramolecular Hbond substituents is 1. The Labute approximate surface area is 126 Å². The standard InChI is InChI=1S/C17H14N4O/c1-18-16-17-19-10-15(11-6-8-12(22)9-7-11)21(17)14-5-3-2-4-13(14)20-16/h2-10,22H,1H3,(H,18,20). The Morgan fingerprint density at radius 2 is 1.82 bits per heavy atom. The second kappa shape index (κ2) is 4.73. The molecule has 0 aliphatic carbocycles. The third-order valence-electron chi connectivity index (χ3n) is 3.73. The molecular formula is C17H14N4O. The molecule has 4 aromatic rings. The number of aromatic hydroxyl groups is 1. The molecule has 0 saturated carbocycles. The van der Waals surface area contributed by atoms with Crippen LogP contribution in [0.5, 0.6) is 5.75 Å². The normalized spacial score (nSPS) is 11.1. The third kappa shape index (κ3) is 1.79. The van der Waals surface area contributed by atoms with Gasteiger partial charge in [-0.2, -0.15) is 0 Å². The van der Waals surface area contributed by atoms with Crippen LogP contribution in [-0.2, 0) is 0 Å². The van der Waals surface area contributed by atoms with Gasteiger partial charge in [0.25, 0.3) is 0 Å². The number of para-hydroxylation sites is 2. The van der Waals surface area contributed by atoms with Gasteiger partial charge in [0.1, 0.15) is 5.75 Å². The highest BCUT2D eigenvalue weighted by Crippen LogP contribution is 2.28. The number of benzene rings is 2. The molecule has 5 heteroatoms. The molecule has 108 valence electrons. The monoisotopic (exact) mass is 290 g/mol. The second-order valence-electron chi connectivity index (χ2n) is 5.05. The lowest BCUT2D eigenvalue weighted by molar-refractivity contribution is 0.475. The first-order chi connectivity index (χ1) is 10.8. The Hall–Kier alpha value is -3.08. The van der Waals surface area contributed by atoms with Crippen molar-refractivity contribution >= 4 is 22.5 Å². The van der Waals surface area contributed by atoms with Gasteiger partial charge >= 0.3 is 0 Å². The summed E-state index contributed by atoms with van der Waals surface area (Å²) in [6.45, 7) is 0. The van der Waals surface area contributed by atoms with E-state index in [-0.39, 0.29) is 5.75 Å². The molecule has 0 unspecified atom stereocenters. The van der Waals surface area contributed by atoms with Crippen LogP contribution in [0, 0.1) is 0 Å². The van der Waals surface area contributed by atoms with Crippen molar-refractivity contribution in [2.75, 3.05) is 12.4 Å². The zero-order chi connectivity index (χ0) is 15.1. The highest BCUT2D eigenvalue weighted by Gasteiger charge is 2.13. The van der Waals surface area contributed by atoms with Gasteiger partial charge in [0.15, 0.2) is 11.5 Å². The van der Waals surface area contributed by atoms with Crippen LogP contribution in [0.3, 0.4) is 0 Å². The van der Waals surface area contributed by atoms with Gasteiger partial charge in [-0.15, -0.1) is 0 Å². The molecule has 22 heavy (non-hydrogen) atoms. The molecule has 0 fully saturated rings. The lowest BCUT2D eigenvalue weighted by Gasteiger charge is -2.09. The molecule has 0 amide bonds. The van der Waals surface area contributed by atoms with E-state index in [0.717, 1.165) is 33.8 Å². The number of nitrogens with one attached hydrogen (secondary N) is 1. The summed E-state index contributed by atoms with van der Waals surface area (Å²) in [7, 11) is 1.84. The minimum atomic E-state index is 0.250. The molecule has 0 spiro atoms. The molecule has 2 aromatic carbocycles. The van der Waals surface area contributed by atoms with Gasteiger partial charge in [0, 0.05) is 12.6 Å². The quantitative estimate of drug-likeness (QED) is 0.594. The third-order valence-corrected chi connectivity index (χ3v) is 3.73. The van der Waals surface area contributed by atoms with Crippen LogP contribution in [-0.4, -0.2) is 26.5 Å². The Balaban J connectivity index is 2.12. The topological polar surface area (TPSA) is 62.5 Å². The van der Waals surface area contributed by atoms with Crippen LogP contribution in [0.4, 0.5) is 5.82 Å². The first kappa shape index (κ1) is 12.6. The van der Waals surface area contributed by atoms with Gasteiger partial charge < -0.3 is 10.4 Å². The molecule has 2 aromatic heterocycles. The van der Waals surface area contributed by atoms with Crippen LogP contribution in [0.25, 0.3) is 27.9 Å². The van der Waals surface area contributed by atoms with E-state index in [0.29, 0.717) is 0 Å². The SMILES string of the molecule is CNc1nc2ccccc2n2c(-c3ccc(O)cc3)cnc12. The highest BCUT2D eigenvalue weighted by atomic mass is 16.3. The fraction of sp³-hybridized carbons (Fsp3) is 0.0588. The number of rotatable bonds is 2. The molecular weight excluding hydrogens is 276 g/mol. The molecule has 0 radical (unpaired) electrons. The van der Waals surface area contributed by atoms with Gasteiger partial charge in [0.2, 0.25) is 0 Å². The first-order valence-corrected chi connectivity index (χ1v) is 7.01. The lowest BCUT2D eigenvalue weighted by Crippen LogP contribution is -2.00. The maximum Gasteiger partial charge on any atom is 0.181 e. The van der Waals surface area contributed by atoms with Gasteiger partial charge in [-0.1, -0.05) is 12.1 Å². The van der Waals surface area contributed by atoms with Gasteiger partial charge in [-0.3, -0.25) is 4.40 Å². The first-order valence-electron chi connectivity index (χ1n) is 7.01. The van der Waals surface area contributed by atoms with Crippen LogP contribution in [0.2, 0.25) is 0 Å². The van der Waals surface area contributed by atoms with Crippen LogP contribution in [0.1, 0.15) is 0 Å². The van der Waals surface area contributed by atoms with E-state index in [1.165, 1.54) is 0 Å². The molecule has 2 N–H and O–H groups in total. The minimum absolute atomic E-state index is 0.250. The fourth-order valence-corrected chi connectivity index (χ4v) is 2.68. The molecule has 0 aliphatic rings. The van der Waals surface area contributed by atoms with Crippen molar-refractivity contribution in [2.24, 2.45) is 0 Å². The molecule has 5 nitrogen and oxygen atoms in total. The number of aromatic nitrogens is 3. The molecule has 2 heterocycles. The number of fused-ring (bicyclic) bond motifs is 3. The number of imidazole rings is 1. The van der Waals surface area contributed by atoms with Crippen molar-refractivity contribution in [3.8, 4) is 17.0 Å². The summed E-state index contributed by atoms with van der Waals surface area (Å²) in [5, 5.41) is 12.6. The summed E-state index contributed by atoms with van der Waals surface area (Å²) in [5.41, 5.74) is 4.63. The summed E-state index contributed by atoms with van der Waals surface area (Å²) in [4.78, 5) is 9.12. The summed E-state index contributed by atoms with van der Waals surface area (Å²) in [6, 6.07) is 15.1. The Bertz CT molecular complexity index is 973. The Kier molecular flexibility index (Phi) is 2.72. The van der Waals surface area contributed by atoms with Crippen molar-refractivity contribution in [3.05, 3.63) is 54.7 Å². The number of hydrogen-bond donors (Lipinski definition) is 2.